The molecule has 0 aliphatic rings. The van der Waals surface area contributed by atoms with Gasteiger partial charge < -0.3 is 5.32 Å². The van der Waals surface area contributed by atoms with Crippen molar-refractivity contribution in [3.05, 3.63) is 57.8 Å². The summed E-state index contributed by atoms with van der Waals surface area (Å²) in [4.78, 5) is 11.9. The van der Waals surface area contributed by atoms with E-state index in [4.69, 9.17) is 23.2 Å². The van der Waals surface area contributed by atoms with Crippen molar-refractivity contribution in [2.24, 2.45) is 0 Å². The molecule has 23 heavy (non-hydrogen) atoms. The third kappa shape index (κ3) is 4.00. The highest BCUT2D eigenvalue weighted by molar-refractivity contribution is 7.89. The SMILES string of the molecule is CNS(=O)(=O)c1cc(C(=O)Nc2ccc(Cl)cc2F)ccc1Cl. The number of nitrogens with one attached hydrogen (secondary N) is 2. The fourth-order valence-electron chi connectivity index (χ4n) is 1.75. The van der Waals surface area contributed by atoms with Crippen molar-refractivity contribution in [3.8, 4) is 0 Å². The second kappa shape index (κ2) is 6.84. The fourth-order valence-corrected chi connectivity index (χ4v) is 3.15. The summed E-state index contributed by atoms with van der Waals surface area (Å²) >= 11 is 11.5. The Labute approximate surface area is 142 Å². The highest BCUT2D eigenvalue weighted by Crippen LogP contribution is 2.24. The maximum atomic E-state index is 13.7. The number of anilines is 1. The summed E-state index contributed by atoms with van der Waals surface area (Å²) in [5, 5.41) is 2.49. The van der Waals surface area contributed by atoms with Crippen LogP contribution in [0.3, 0.4) is 0 Å². The molecule has 0 radical (unpaired) electrons. The maximum Gasteiger partial charge on any atom is 0.255 e. The smallest absolute Gasteiger partial charge is 0.255 e. The van der Waals surface area contributed by atoms with Crippen LogP contribution in [0, 0.1) is 5.82 Å². The molecule has 0 aliphatic carbocycles. The van der Waals surface area contributed by atoms with E-state index in [9.17, 15) is 17.6 Å². The molecular weight excluding hydrogens is 366 g/mol. The molecule has 1 amide bonds. The summed E-state index contributed by atoms with van der Waals surface area (Å²) < 4.78 is 39.5. The van der Waals surface area contributed by atoms with Gasteiger partial charge in [-0.2, -0.15) is 0 Å². The van der Waals surface area contributed by atoms with Crippen LogP contribution >= 0.6 is 23.2 Å². The lowest BCUT2D eigenvalue weighted by Crippen LogP contribution is -2.20. The molecular formula is C14H11Cl2FN2O3S. The van der Waals surface area contributed by atoms with E-state index in [-0.39, 0.29) is 26.2 Å². The standard InChI is InChI=1S/C14H11Cl2FN2O3S/c1-18-23(21,22)13-6-8(2-4-10(13)16)14(20)19-12-5-3-9(15)7-11(12)17/h2-7,18H,1H3,(H,19,20). The molecule has 0 spiro atoms. The number of halogens is 3. The lowest BCUT2D eigenvalue weighted by molar-refractivity contribution is 0.102. The first-order valence-electron chi connectivity index (χ1n) is 6.24. The predicted molar refractivity (Wildman–Crippen MR) is 87.1 cm³/mol. The fraction of sp³-hybridized carbons (Fsp3) is 0.0714. The van der Waals surface area contributed by atoms with Crippen molar-refractivity contribution in [1.82, 2.24) is 4.72 Å². The maximum absolute atomic E-state index is 13.7. The van der Waals surface area contributed by atoms with Crippen molar-refractivity contribution in [2.45, 2.75) is 4.90 Å². The minimum absolute atomic E-state index is 0.0116. The zero-order chi connectivity index (χ0) is 17.2. The molecule has 2 aromatic rings. The molecule has 0 atom stereocenters. The minimum atomic E-state index is -3.82. The Bertz CT molecular complexity index is 872. The predicted octanol–water partition coefficient (Wildman–Crippen LogP) is 3.29. The lowest BCUT2D eigenvalue weighted by Gasteiger charge is -2.09. The molecule has 0 unspecified atom stereocenters. The molecule has 2 N–H and O–H groups in total. The summed E-state index contributed by atoms with van der Waals surface area (Å²) in [5.41, 5.74) is -0.0649. The number of hydrogen-bond acceptors (Lipinski definition) is 3. The summed E-state index contributed by atoms with van der Waals surface area (Å²) in [7, 11) is -2.60. The van der Waals surface area contributed by atoms with Crippen molar-refractivity contribution in [3.63, 3.8) is 0 Å². The zero-order valence-electron chi connectivity index (χ0n) is 11.7. The number of sulfonamides is 1. The van der Waals surface area contributed by atoms with Gasteiger partial charge in [-0.05, 0) is 43.4 Å². The van der Waals surface area contributed by atoms with E-state index < -0.39 is 21.7 Å². The molecule has 0 bridgehead atoms. The molecule has 9 heteroatoms. The van der Waals surface area contributed by atoms with Crippen LogP contribution in [0.5, 0.6) is 0 Å². The second-order valence-electron chi connectivity index (χ2n) is 4.43. The van der Waals surface area contributed by atoms with Crippen LogP contribution in [0.4, 0.5) is 10.1 Å². The van der Waals surface area contributed by atoms with Crippen molar-refractivity contribution in [1.29, 1.82) is 0 Å². The van der Waals surface area contributed by atoms with Gasteiger partial charge in [0.15, 0.2) is 0 Å². The summed E-state index contributed by atoms with van der Waals surface area (Å²) in [6.07, 6.45) is 0. The molecule has 0 saturated heterocycles. The van der Waals surface area contributed by atoms with Crippen LogP contribution in [0.2, 0.25) is 10.0 Å². The highest BCUT2D eigenvalue weighted by Gasteiger charge is 2.19. The highest BCUT2D eigenvalue weighted by atomic mass is 35.5. The molecule has 0 heterocycles. The molecule has 0 fully saturated rings. The summed E-state index contributed by atoms with van der Waals surface area (Å²) in [5.74, 6) is -1.39. The van der Waals surface area contributed by atoms with E-state index in [1.165, 1.54) is 31.3 Å². The van der Waals surface area contributed by atoms with Crippen molar-refractivity contribution in [2.75, 3.05) is 12.4 Å². The molecule has 5 nitrogen and oxygen atoms in total. The van der Waals surface area contributed by atoms with Crippen LogP contribution in [0.25, 0.3) is 0 Å². The van der Waals surface area contributed by atoms with Gasteiger partial charge >= 0.3 is 0 Å². The Kier molecular flexibility index (Phi) is 5.26. The first-order chi connectivity index (χ1) is 10.7. The normalized spacial score (nSPS) is 11.3. The van der Waals surface area contributed by atoms with E-state index in [2.05, 4.69) is 10.0 Å². The summed E-state index contributed by atoms with van der Waals surface area (Å²) in [6.45, 7) is 0. The first-order valence-corrected chi connectivity index (χ1v) is 8.48. The van der Waals surface area contributed by atoms with E-state index in [1.54, 1.807) is 0 Å². The van der Waals surface area contributed by atoms with Gasteiger partial charge in [-0.25, -0.2) is 17.5 Å². The van der Waals surface area contributed by atoms with Crippen LogP contribution in [-0.2, 0) is 10.0 Å². The van der Waals surface area contributed by atoms with Gasteiger partial charge in [-0.3, -0.25) is 4.79 Å². The molecule has 122 valence electrons. The van der Waals surface area contributed by atoms with Gasteiger partial charge in [0.25, 0.3) is 5.91 Å². The molecule has 2 rings (SSSR count). The van der Waals surface area contributed by atoms with Crippen LogP contribution in [0.1, 0.15) is 10.4 Å². The minimum Gasteiger partial charge on any atom is -0.319 e. The topological polar surface area (TPSA) is 75.3 Å². The average molecular weight is 377 g/mol. The van der Waals surface area contributed by atoms with E-state index in [1.807, 2.05) is 0 Å². The van der Waals surface area contributed by atoms with Gasteiger partial charge in [0.1, 0.15) is 10.7 Å². The number of carbonyl (C=O) groups is 1. The Morgan fingerprint density at radius 3 is 2.43 bits per heavy atom. The average Bonchev–Trinajstić information content (AvgIpc) is 2.50. The van der Waals surface area contributed by atoms with E-state index in [0.29, 0.717) is 0 Å². The lowest BCUT2D eigenvalue weighted by atomic mass is 10.2. The quantitative estimate of drug-likeness (QED) is 0.859. The largest absolute Gasteiger partial charge is 0.319 e. The van der Waals surface area contributed by atoms with Gasteiger partial charge in [-0.15, -0.1) is 0 Å². The Balaban J connectivity index is 2.35. The van der Waals surface area contributed by atoms with Gasteiger partial charge in [0.2, 0.25) is 10.0 Å². The van der Waals surface area contributed by atoms with Gasteiger partial charge in [0, 0.05) is 10.6 Å². The number of amides is 1. The zero-order valence-corrected chi connectivity index (χ0v) is 14.1. The summed E-state index contributed by atoms with van der Waals surface area (Å²) in [6, 6.07) is 7.49. The van der Waals surface area contributed by atoms with Crippen molar-refractivity contribution >= 4 is 44.8 Å². The number of hydrogen-bond donors (Lipinski definition) is 2. The Morgan fingerprint density at radius 2 is 1.83 bits per heavy atom. The molecule has 0 aromatic heterocycles. The Morgan fingerprint density at radius 1 is 1.13 bits per heavy atom. The van der Waals surface area contributed by atoms with Gasteiger partial charge in [0.05, 0.1) is 10.7 Å². The number of benzene rings is 2. The monoisotopic (exact) mass is 376 g/mol. The van der Waals surface area contributed by atoms with E-state index in [0.717, 1.165) is 12.1 Å². The van der Waals surface area contributed by atoms with Crippen molar-refractivity contribution < 1.29 is 17.6 Å². The first kappa shape index (κ1) is 17.7. The Hall–Kier alpha value is -1.67. The van der Waals surface area contributed by atoms with E-state index >= 15 is 0 Å². The van der Waals surface area contributed by atoms with Gasteiger partial charge in [-0.1, -0.05) is 23.2 Å². The number of rotatable bonds is 4. The molecule has 2 aromatic carbocycles. The molecule has 0 aliphatic heterocycles. The second-order valence-corrected chi connectivity index (χ2v) is 7.13. The third-order valence-corrected chi connectivity index (χ3v) is 5.06. The van der Waals surface area contributed by atoms with Crippen LogP contribution < -0.4 is 10.0 Å². The number of carbonyl (C=O) groups excluding carboxylic acids is 1. The van der Waals surface area contributed by atoms with Crippen LogP contribution in [0.15, 0.2) is 41.3 Å². The van der Waals surface area contributed by atoms with Crippen LogP contribution in [-0.4, -0.2) is 21.4 Å². The molecule has 0 saturated carbocycles. The third-order valence-electron chi connectivity index (χ3n) is 2.93.